The van der Waals surface area contributed by atoms with Gasteiger partial charge in [-0.25, -0.2) is 0 Å². The Morgan fingerprint density at radius 2 is 2.16 bits per heavy atom. The molecule has 19 heavy (non-hydrogen) atoms. The molecule has 2 nitrogen and oxygen atoms in total. The first-order valence-corrected chi connectivity index (χ1v) is 9.20. The minimum atomic E-state index is 0.217. The van der Waals surface area contributed by atoms with Crippen molar-refractivity contribution in [3.05, 3.63) is 11.1 Å². The molecule has 2 unspecified atom stereocenters. The maximum Gasteiger partial charge on any atom is 0.0424 e. The van der Waals surface area contributed by atoms with Crippen LogP contribution in [0.2, 0.25) is 0 Å². The van der Waals surface area contributed by atoms with Crippen LogP contribution in [0.3, 0.4) is 0 Å². The molecule has 0 aromatic heterocycles. The number of thioether (sulfide) groups is 1. The second kappa shape index (κ2) is 11.3. The molecule has 5 heteroatoms. The lowest BCUT2D eigenvalue weighted by Crippen LogP contribution is -2.23. The molecule has 0 saturated carbocycles. The van der Waals surface area contributed by atoms with Crippen LogP contribution in [0.15, 0.2) is 11.1 Å². The summed E-state index contributed by atoms with van der Waals surface area (Å²) in [6, 6.07) is 0. The molecule has 2 atom stereocenters. The summed E-state index contributed by atoms with van der Waals surface area (Å²) >= 11 is 14.5. The van der Waals surface area contributed by atoms with Gasteiger partial charge in [0, 0.05) is 34.4 Å². The van der Waals surface area contributed by atoms with E-state index in [4.69, 9.17) is 28.9 Å². The van der Waals surface area contributed by atoms with Gasteiger partial charge >= 0.3 is 0 Å². The zero-order chi connectivity index (χ0) is 13.9. The number of nitrogens with two attached hydrogens (primary N) is 1. The summed E-state index contributed by atoms with van der Waals surface area (Å²) in [5.41, 5.74) is 5.45. The summed E-state index contributed by atoms with van der Waals surface area (Å²) in [6.45, 7) is 2.97. The second-order valence-electron chi connectivity index (χ2n) is 4.96. The fourth-order valence-electron chi connectivity index (χ4n) is 2.14. The highest BCUT2D eigenvalue weighted by molar-refractivity contribution is 7.99. The largest absolute Gasteiger partial charge is 0.330 e. The molecule has 0 heterocycles. The van der Waals surface area contributed by atoms with E-state index < -0.39 is 0 Å². The zero-order valence-corrected chi connectivity index (χ0v) is 13.9. The third kappa shape index (κ3) is 7.81. The SMILES string of the molecule is NCCCCCNCCSCC1C(Cl)=CCCC1Cl. The molecule has 0 saturated heterocycles. The van der Waals surface area contributed by atoms with Crippen LogP contribution >= 0.6 is 35.0 Å². The van der Waals surface area contributed by atoms with Gasteiger partial charge in [0.15, 0.2) is 0 Å². The summed E-state index contributed by atoms with van der Waals surface area (Å²) in [5.74, 6) is 2.52. The smallest absolute Gasteiger partial charge is 0.0424 e. The lowest BCUT2D eigenvalue weighted by molar-refractivity contribution is 0.590. The molecule has 0 aromatic rings. The molecular weight excluding hydrogens is 299 g/mol. The van der Waals surface area contributed by atoms with E-state index in [2.05, 4.69) is 11.4 Å². The lowest BCUT2D eigenvalue weighted by atomic mass is 9.97. The lowest BCUT2D eigenvalue weighted by Gasteiger charge is -2.25. The van der Waals surface area contributed by atoms with Crippen LogP contribution in [0.25, 0.3) is 0 Å². The van der Waals surface area contributed by atoms with Crippen LogP contribution in [0.1, 0.15) is 32.1 Å². The van der Waals surface area contributed by atoms with E-state index in [1.807, 2.05) is 11.8 Å². The van der Waals surface area contributed by atoms with Crippen LogP contribution < -0.4 is 11.1 Å². The molecule has 0 radical (unpaired) electrons. The van der Waals surface area contributed by atoms with Crippen molar-refractivity contribution in [2.75, 3.05) is 31.1 Å². The summed E-state index contributed by atoms with van der Waals surface area (Å²) < 4.78 is 0. The third-order valence-electron chi connectivity index (χ3n) is 3.35. The molecule has 0 amide bonds. The van der Waals surface area contributed by atoms with Gasteiger partial charge in [0.05, 0.1) is 0 Å². The average Bonchev–Trinajstić information content (AvgIpc) is 2.40. The fraction of sp³-hybridized carbons (Fsp3) is 0.857. The van der Waals surface area contributed by atoms with Gasteiger partial charge in [0.2, 0.25) is 0 Å². The number of hydrogen-bond acceptors (Lipinski definition) is 3. The predicted octanol–water partition coefficient (Wildman–Crippen LogP) is 3.58. The predicted molar refractivity (Wildman–Crippen MR) is 89.4 cm³/mol. The van der Waals surface area contributed by atoms with Crippen LogP contribution in [-0.4, -0.2) is 36.5 Å². The van der Waals surface area contributed by atoms with Gasteiger partial charge in [0.25, 0.3) is 0 Å². The molecule has 3 N–H and O–H groups in total. The number of hydrogen-bond donors (Lipinski definition) is 2. The van der Waals surface area contributed by atoms with Crippen molar-refractivity contribution < 1.29 is 0 Å². The summed E-state index contributed by atoms with van der Waals surface area (Å²) in [4.78, 5) is 0. The molecule has 0 aliphatic heterocycles. The van der Waals surface area contributed by atoms with Gasteiger partial charge in [-0.05, 0) is 38.8 Å². The molecule has 0 fully saturated rings. The average molecular weight is 325 g/mol. The van der Waals surface area contributed by atoms with Crippen molar-refractivity contribution >= 4 is 35.0 Å². The Labute approximate surface area is 131 Å². The number of alkyl halides is 1. The number of allylic oxidation sites excluding steroid dienone is 2. The second-order valence-corrected chi connectivity index (χ2v) is 7.11. The Morgan fingerprint density at radius 1 is 1.32 bits per heavy atom. The number of rotatable bonds is 10. The van der Waals surface area contributed by atoms with Crippen molar-refractivity contribution in [2.45, 2.75) is 37.5 Å². The van der Waals surface area contributed by atoms with Crippen LogP contribution in [0.4, 0.5) is 0 Å². The Hall–Kier alpha value is 0.590. The van der Waals surface area contributed by atoms with E-state index in [9.17, 15) is 0 Å². The maximum absolute atomic E-state index is 6.32. The first-order chi connectivity index (χ1) is 9.25. The van der Waals surface area contributed by atoms with E-state index in [1.54, 1.807) is 0 Å². The summed E-state index contributed by atoms with van der Waals surface area (Å²) in [5, 5.41) is 4.65. The van der Waals surface area contributed by atoms with E-state index >= 15 is 0 Å². The molecule has 0 bridgehead atoms. The highest BCUT2D eigenvalue weighted by Gasteiger charge is 2.24. The Morgan fingerprint density at radius 3 is 2.89 bits per heavy atom. The quantitative estimate of drug-likeness (QED) is 0.476. The van der Waals surface area contributed by atoms with Crippen molar-refractivity contribution in [3.63, 3.8) is 0 Å². The minimum Gasteiger partial charge on any atom is -0.330 e. The van der Waals surface area contributed by atoms with Crippen molar-refractivity contribution in [2.24, 2.45) is 11.7 Å². The Balaban J connectivity index is 1.95. The van der Waals surface area contributed by atoms with Crippen LogP contribution in [-0.2, 0) is 0 Å². The van der Waals surface area contributed by atoms with Gasteiger partial charge in [-0.15, -0.1) is 11.6 Å². The van der Waals surface area contributed by atoms with Gasteiger partial charge in [-0.1, -0.05) is 24.1 Å². The highest BCUT2D eigenvalue weighted by atomic mass is 35.5. The molecule has 0 spiro atoms. The molecule has 1 rings (SSSR count). The summed E-state index contributed by atoms with van der Waals surface area (Å²) in [7, 11) is 0. The standard InChI is InChI=1S/C14H26Cl2N2S/c15-13-5-4-6-14(16)12(13)11-19-10-9-18-8-3-1-2-7-17/h5,12,14,18H,1-4,6-11,17H2. The van der Waals surface area contributed by atoms with E-state index in [0.717, 1.165) is 55.4 Å². The normalized spacial score (nSPS) is 23.4. The first-order valence-electron chi connectivity index (χ1n) is 7.24. The number of nitrogens with one attached hydrogen (secondary N) is 1. The van der Waals surface area contributed by atoms with Gasteiger partial charge in [-0.3, -0.25) is 0 Å². The van der Waals surface area contributed by atoms with Crippen molar-refractivity contribution in [1.29, 1.82) is 0 Å². The minimum absolute atomic E-state index is 0.217. The van der Waals surface area contributed by atoms with E-state index in [-0.39, 0.29) is 5.38 Å². The Kier molecular flexibility index (Phi) is 10.5. The maximum atomic E-state index is 6.32. The number of halogens is 2. The molecular formula is C14H26Cl2N2S. The first kappa shape index (κ1) is 17.6. The zero-order valence-electron chi connectivity index (χ0n) is 11.5. The van der Waals surface area contributed by atoms with Crippen molar-refractivity contribution in [3.8, 4) is 0 Å². The van der Waals surface area contributed by atoms with Crippen molar-refractivity contribution in [1.82, 2.24) is 5.32 Å². The van der Waals surface area contributed by atoms with Crippen LogP contribution in [0, 0.1) is 5.92 Å². The van der Waals surface area contributed by atoms with Gasteiger partial charge in [0.1, 0.15) is 0 Å². The third-order valence-corrected chi connectivity index (χ3v) is 5.40. The highest BCUT2D eigenvalue weighted by Crippen LogP contribution is 2.33. The molecule has 1 aliphatic rings. The van der Waals surface area contributed by atoms with Gasteiger partial charge < -0.3 is 11.1 Å². The molecule has 0 aromatic carbocycles. The molecule has 112 valence electrons. The van der Waals surface area contributed by atoms with Crippen LogP contribution in [0.5, 0.6) is 0 Å². The Bertz CT molecular complexity index is 262. The summed E-state index contributed by atoms with van der Waals surface area (Å²) in [6.07, 6.45) is 7.80. The van der Waals surface area contributed by atoms with E-state index in [0.29, 0.717) is 5.92 Å². The fourth-order valence-corrected chi connectivity index (χ4v) is 4.21. The monoisotopic (exact) mass is 324 g/mol. The molecule has 1 aliphatic carbocycles. The van der Waals surface area contributed by atoms with Gasteiger partial charge in [-0.2, -0.15) is 11.8 Å². The number of unbranched alkanes of at least 4 members (excludes halogenated alkanes) is 2. The topological polar surface area (TPSA) is 38.0 Å². The van der Waals surface area contributed by atoms with E-state index in [1.165, 1.54) is 12.8 Å².